The van der Waals surface area contributed by atoms with Crippen molar-refractivity contribution in [1.29, 1.82) is 0 Å². The van der Waals surface area contributed by atoms with Crippen LogP contribution in [0.1, 0.15) is 34.7 Å². The summed E-state index contributed by atoms with van der Waals surface area (Å²) in [6.07, 6.45) is 0.936. The van der Waals surface area contributed by atoms with Crippen LogP contribution >= 0.6 is 0 Å². The maximum absolute atomic E-state index is 12.2. The van der Waals surface area contributed by atoms with Gasteiger partial charge in [-0.1, -0.05) is 0 Å². The molecule has 2 amide bonds. The number of rotatable bonds is 3. The van der Waals surface area contributed by atoms with Crippen LogP contribution in [0.4, 0.5) is 11.4 Å². The molecule has 118 valence electrons. The Hall–Kier alpha value is -3.09. The zero-order valence-electron chi connectivity index (χ0n) is 12.6. The van der Waals surface area contributed by atoms with Crippen LogP contribution in [-0.4, -0.2) is 28.7 Å². The maximum atomic E-state index is 12.2. The van der Waals surface area contributed by atoms with Crippen LogP contribution in [0.5, 0.6) is 5.75 Å². The van der Waals surface area contributed by atoms with E-state index < -0.39 is 6.10 Å². The molecule has 0 unspecified atom stereocenters. The summed E-state index contributed by atoms with van der Waals surface area (Å²) < 4.78 is 5.45. The molecule has 0 aliphatic carbocycles. The summed E-state index contributed by atoms with van der Waals surface area (Å²) in [5, 5.41) is 5.41. The molecule has 0 saturated heterocycles. The molecule has 7 nitrogen and oxygen atoms in total. The molecule has 2 heterocycles. The average molecular weight is 313 g/mol. The second kappa shape index (κ2) is 5.60. The van der Waals surface area contributed by atoms with Gasteiger partial charge in [-0.15, -0.1) is 0 Å². The largest absolute Gasteiger partial charge is 0.479 e. The highest BCUT2D eigenvalue weighted by atomic mass is 16.5. The number of carbonyl (C=O) groups excluding carboxylic acids is 3. The Labute approximate surface area is 132 Å². The highest BCUT2D eigenvalue weighted by molar-refractivity contribution is 6.06. The lowest BCUT2D eigenvalue weighted by atomic mass is 10.2. The zero-order chi connectivity index (χ0) is 16.6. The lowest BCUT2D eigenvalue weighted by Crippen LogP contribution is -2.34. The normalized spacial score (nSPS) is 16.1. The van der Waals surface area contributed by atoms with Gasteiger partial charge in [0.1, 0.15) is 11.4 Å². The van der Waals surface area contributed by atoms with Gasteiger partial charge in [-0.3, -0.25) is 14.4 Å². The second-order valence-electron chi connectivity index (χ2n) is 5.27. The third-order valence-electron chi connectivity index (χ3n) is 3.50. The third kappa shape index (κ3) is 2.94. The van der Waals surface area contributed by atoms with Crippen molar-refractivity contribution in [3.63, 3.8) is 0 Å². The number of ketones is 1. The molecule has 1 aliphatic heterocycles. The minimum atomic E-state index is -0.549. The smallest absolute Gasteiger partial charge is 0.272 e. The molecule has 0 spiro atoms. The van der Waals surface area contributed by atoms with E-state index in [0.29, 0.717) is 22.7 Å². The Bertz CT molecular complexity index is 809. The number of H-pyrrole nitrogens is 1. The van der Waals surface area contributed by atoms with E-state index in [1.54, 1.807) is 25.1 Å². The molecule has 1 atom stereocenters. The summed E-state index contributed by atoms with van der Waals surface area (Å²) in [5.74, 6) is -0.192. The van der Waals surface area contributed by atoms with Crippen molar-refractivity contribution in [1.82, 2.24) is 4.98 Å². The Morgan fingerprint density at radius 1 is 1.26 bits per heavy atom. The molecule has 1 aromatic heterocycles. The monoisotopic (exact) mass is 313 g/mol. The molecule has 7 heteroatoms. The first-order chi connectivity index (χ1) is 10.9. The number of benzene rings is 1. The van der Waals surface area contributed by atoms with Gasteiger partial charge in [-0.2, -0.15) is 0 Å². The molecule has 2 aromatic rings. The van der Waals surface area contributed by atoms with E-state index in [2.05, 4.69) is 15.6 Å². The fourth-order valence-corrected chi connectivity index (χ4v) is 2.21. The average Bonchev–Trinajstić information content (AvgIpc) is 2.99. The number of aromatic amines is 1. The Kier molecular flexibility index (Phi) is 3.61. The summed E-state index contributed by atoms with van der Waals surface area (Å²) >= 11 is 0. The molecule has 23 heavy (non-hydrogen) atoms. The molecule has 3 rings (SSSR count). The standard InChI is InChI=1S/C16H15N3O4/c1-8(20)10-5-13(17-7-10)16(22)18-11-3-4-14-12(6-11)19-15(21)9(2)23-14/h3-7,9,17H,1-2H3,(H,18,22)(H,19,21)/t9-/m0/s1. The van der Waals surface area contributed by atoms with Crippen molar-refractivity contribution < 1.29 is 19.1 Å². The molecular weight excluding hydrogens is 298 g/mol. The van der Waals surface area contributed by atoms with Crippen LogP contribution in [0.25, 0.3) is 0 Å². The zero-order valence-corrected chi connectivity index (χ0v) is 12.6. The second-order valence-corrected chi connectivity index (χ2v) is 5.27. The first-order valence-electron chi connectivity index (χ1n) is 7.06. The predicted octanol–water partition coefficient (Wildman–Crippen LogP) is 2.19. The van der Waals surface area contributed by atoms with Crippen LogP contribution in [0, 0.1) is 0 Å². The van der Waals surface area contributed by atoms with Gasteiger partial charge in [0, 0.05) is 17.4 Å². The highest BCUT2D eigenvalue weighted by Gasteiger charge is 2.23. The quantitative estimate of drug-likeness (QED) is 0.756. The number of aromatic nitrogens is 1. The fraction of sp³-hybridized carbons (Fsp3) is 0.188. The van der Waals surface area contributed by atoms with Crippen molar-refractivity contribution in [2.75, 3.05) is 10.6 Å². The number of Topliss-reactive ketones (excluding diaryl/α,β-unsaturated/α-hetero) is 1. The number of carbonyl (C=O) groups is 3. The van der Waals surface area contributed by atoms with Crippen molar-refractivity contribution in [2.45, 2.75) is 20.0 Å². The van der Waals surface area contributed by atoms with E-state index in [0.717, 1.165) is 0 Å². The van der Waals surface area contributed by atoms with Gasteiger partial charge in [-0.25, -0.2) is 0 Å². The van der Waals surface area contributed by atoms with Gasteiger partial charge in [0.05, 0.1) is 5.69 Å². The number of hydrogen-bond acceptors (Lipinski definition) is 4. The first kappa shape index (κ1) is 14.8. The Balaban J connectivity index is 1.78. The topological polar surface area (TPSA) is 100 Å². The van der Waals surface area contributed by atoms with E-state index in [4.69, 9.17) is 4.74 Å². The number of nitrogens with one attached hydrogen (secondary N) is 3. The lowest BCUT2D eigenvalue weighted by Gasteiger charge is -2.23. The van der Waals surface area contributed by atoms with Gasteiger partial charge < -0.3 is 20.4 Å². The van der Waals surface area contributed by atoms with Crippen LogP contribution in [0.15, 0.2) is 30.5 Å². The lowest BCUT2D eigenvalue weighted by molar-refractivity contribution is -0.122. The van der Waals surface area contributed by atoms with E-state index >= 15 is 0 Å². The Morgan fingerprint density at radius 3 is 2.74 bits per heavy atom. The van der Waals surface area contributed by atoms with Crippen molar-refractivity contribution >= 4 is 29.0 Å². The summed E-state index contributed by atoms with van der Waals surface area (Å²) in [6.45, 7) is 3.09. The predicted molar refractivity (Wildman–Crippen MR) is 83.9 cm³/mol. The number of anilines is 2. The summed E-state index contributed by atoms with van der Waals surface area (Å²) in [4.78, 5) is 37.8. The van der Waals surface area contributed by atoms with Crippen LogP contribution in [0.2, 0.25) is 0 Å². The summed E-state index contributed by atoms with van der Waals surface area (Å²) in [5.41, 5.74) is 1.73. The number of amides is 2. The molecule has 0 saturated carbocycles. The fourth-order valence-electron chi connectivity index (χ4n) is 2.21. The van der Waals surface area contributed by atoms with E-state index in [9.17, 15) is 14.4 Å². The molecule has 1 aliphatic rings. The number of ether oxygens (including phenoxy) is 1. The highest BCUT2D eigenvalue weighted by Crippen LogP contribution is 2.32. The molecule has 0 bridgehead atoms. The molecule has 3 N–H and O–H groups in total. The van der Waals surface area contributed by atoms with Crippen molar-refractivity contribution in [3.05, 3.63) is 41.7 Å². The van der Waals surface area contributed by atoms with Gasteiger partial charge in [-0.05, 0) is 38.1 Å². The number of hydrogen-bond donors (Lipinski definition) is 3. The SMILES string of the molecule is CC(=O)c1c[nH]c(C(=O)Nc2ccc3c(c2)NC(=O)[C@H](C)O3)c1. The number of fused-ring (bicyclic) bond motifs is 1. The van der Waals surface area contributed by atoms with E-state index in [1.807, 2.05) is 0 Å². The van der Waals surface area contributed by atoms with Crippen molar-refractivity contribution in [3.8, 4) is 5.75 Å². The first-order valence-corrected chi connectivity index (χ1v) is 7.06. The Morgan fingerprint density at radius 2 is 2.04 bits per heavy atom. The van der Waals surface area contributed by atoms with Crippen LogP contribution < -0.4 is 15.4 Å². The summed E-state index contributed by atoms with van der Waals surface area (Å²) in [6, 6.07) is 6.46. The van der Waals surface area contributed by atoms with Gasteiger partial charge in [0.25, 0.3) is 11.8 Å². The van der Waals surface area contributed by atoms with Gasteiger partial charge in [0.15, 0.2) is 11.9 Å². The van der Waals surface area contributed by atoms with Crippen LogP contribution in [0.3, 0.4) is 0 Å². The summed E-state index contributed by atoms with van der Waals surface area (Å²) in [7, 11) is 0. The van der Waals surface area contributed by atoms with Crippen molar-refractivity contribution in [2.24, 2.45) is 0 Å². The third-order valence-corrected chi connectivity index (χ3v) is 3.50. The van der Waals surface area contributed by atoms with E-state index in [1.165, 1.54) is 19.2 Å². The molecule has 0 fully saturated rings. The minimum absolute atomic E-state index is 0.122. The van der Waals surface area contributed by atoms with Gasteiger partial charge in [0.2, 0.25) is 0 Å². The molecule has 0 radical (unpaired) electrons. The molecular formula is C16H15N3O4. The van der Waals surface area contributed by atoms with E-state index in [-0.39, 0.29) is 23.3 Å². The maximum Gasteiger partial charge on any atom is 0.272 e. The molecule has 1 aromatic carbocycles. The van der Waals surface area contributed by atoms with Crippen LogP contribution in [-0.2, 0) is 4.79 Å². The van der Waals surface area contributed by atoms with Gasteiger partial charge >= 0.3 is 0 Å². The minimum Gasteiger partial charge on any atom is -0.479 e.